The third kappa shape index (κ3) is 5.71. The Morgan fingerprint density at radius 1 is 1.06 bits per heavy atom. The molecule has 0 aliphatic carbocycles. The Bertz CT molecular complexity index is 1100. The Morgan fingerprint density at radius 2 is 1.71 bits per heavy atom. The van der Waals surface area contributed by atoms with Gasteiger partial charge in [0.2, 0.25) is 5.91 Å². The average molecular weight is 490 g/mol. The summed E-state index contributed by atoms with van der Waals surface area (Å²) in [6, 6.07) is 19.6. The highest BCUT2D eigenvalue weighted by atomic mass is 32.2. The fourth-order valence-electron chi connectivity index (χ4n) is 4.96. The van der Waals surface area contributed by atoms with E-state index in [0.717, 1.165) is 10.5 Å². The maximum atomic E-state index is 13.6. The van der Waals surface area contributed by atoms with Gasteiger partial charge in [0.05, 0.1) is 12.3 Å². The second-order valence-electron chi connectivity index (χ2n) is 8.96. The van der Waals surface area contributed by atoms with E-state index >= 15 is 0 Å². The van der Waals surface area contributed by atoms with Crippen LogP contribution in [0.1, 0.15) is 31.7 Å². The normalized spacial score (nSPS) is 20.4. The first-order valence-corrected chi connectivity index (χ1v) is 13.1. The Kier molecular flexibility index (Phi) is 8.14. The van der Waals surface area contributed by atoms with E-state index in [1.165, 1.54) is 16.7 Å². The van der Waals surface area contributed by atoms with E-state index < -0.39 is 5.54 Å². The topological polar surface area (TPSA) is 69.7 Å². The van der Waals surface area contributed by atoms with Crippen molar-refractivity contribution >= 4 is 29.6 Å². The molecule has 1 unspecified atom stereocenters. The van der Waals surface area contributed by atoms with Crippen LogP contribution in [0.4, 0.5) is 4.79 Å². The van der Waals surface area contributed by atoms with Gasteiger partial charge in [0.1, 0.15) is 5.54 Å². The maximum Gasteiger partial charge on any atom is 0.325 e. The molecule has 0 radical (unpaired) electrons. The van der Waals surface area contributed by atoms with Crippen molar-refractivity contribution in [2.75, 3.05) is 25.4 Å². The highest BCUT2D eigenvalue weighted by Gasteiger charge is 2.55. The van der Waals surface area contributed by atoms with Gasteiger partial charge in [0.25, 0.3) is 5.91 Å². The van der Waals surface area contributed by atoms with Crippen LogP contribution in [0, 0.1) is 17.8 Å². The van der Waals surface area contributed by atoms with Crippen LogP contribution in [0.15, 0.2) is 65.6 Å². The fourth-order valence-corrected chi connectivity index (χ4v) is 5.78. The lowest BCUT2D eigenvalue weighted by Crippen LogP contribution is -2.57. The fraction of sp³-hybridized carbons (Fsp3) is 0.393. The van der Waals surface area contributed by atoms with Gasteiger partial charge >= 0.3 is 6.03 Å². The first kappa shape index (κ1) is 24.9. The number of imide groups is 1. The van der Waals surface area contributed by atoms with Crippen molar-refractivity contribution < 1.29 is 14.4 Å². The summed E-state index contributed by atoms with van der Waals surface area (Å²) in [4.78, 5) is 43.5. The third-order valence-electron chi connectivity index (χ3n) is 6.92. The monoisotopic (exact) mass is 489 g/mol. The van der Waals surface area contributed by atoms with Gasteiger partial charge in [-0.3, -0.25) is 14.5 Å². The van der Waals surface area contributed by atoms with Crippen molar-refractivity contribution in [2.45, 2.75) is 43.0 Å². The van der Waals surface area contributed by atoms with Gasteiger partial charge in [0.15, 0.2) is 0 Å². The van der Waals surface area contributed by atoms with E-state index in [4.69, 9.17) is 0 Å². The van der Waals surface area contributed by atoms with Gasteiger partial charge in [0, 0.05) is 18.0 Å². The molecule has 2 saturated heterocycles. The third-order valence-corrected chi connectivity index (χ3v) is 7.91. The molecule has 2 heterocycles. The number of aryl methyl sites for hydroxylation is 1. The van der Waals surface area contributed by atoms with Crippen LogP contribution < -0.4 is 5.32 Å². The number of likely N-dealkylation sites (tertiary alicyclic amines) is 1. The summed E-state index contributed by atoms with van der Waals surface area (Å²) in [6.07, 6.45) is 2.57. The SMILES string of the molecule is CC#CCN1C(=O)NC(CCc2ccccc2)(C2CCN(C(=O)CSc3ccccc3)CC2)C1=O. The number of rotatable bonds is 8. The van der Waals surface area contributed by atoms with Gasteiger partial charge in [-0.15, -0.1) is 17.7 Å². The highest BCUT2D eigenvalue weighted by molar-refractivity contribution is 8.00. The lowest BCUT2D eigenvalue weighted by atomic mass is 9.74. The predicted molar refractivity (Wildman–Crippen MR) is 138 cm³/mol. The van der Waals surface area contributed by atoms with E-state index in [2.05, 4.69) is 17.2 Å². The Morgan fingerprint density at radius 3 is 2.37 bits per heavy atom. The van der Waals surface area contributed by atoms with Gasteiger partial charge in [-0.2, -0.15) is 0 Å². The summed E-state index contributed by atoms with van der Waals surface area (Å²) < 4.78 is 0. The van der Waals surface area contributed by atoms with Crippen LogP contribution in [0.5, 0.6) is 0 Å². The Hall–Kier alpha value is -3.24. The van der Waals surface area contributed by atoms with Gasteiger partial charge in [-0.1, -0.05) is 54.5 Å². The minimum Gasteiger partial charge on any atom is -0.342 e. The molecule has 1 atom stereocenters. The lowest BCUT2D eigenvalue weighted by Gasteiger charge is -2.41. The number of carbonyl (C=O) groups excluding carboxylic acids is 3. The molecule has 2 aliphatic rings. The summed E-state index contributed by atoms with van der Waals surface area (Å²) in [7, 11) is 0. The first-order valence-electron chi connectivity index (χ1n) is 12.1. The minimum atomic E-state index is -0.962. The summed E-state index contributed by atoms with van der Waals surface area (Å²) in [5.74, 6) is 5.91. The molecule has 0 aromatic heterocycles. The number of hydrogen-bond acceptors (Lipinski definition) is 4. The molecular weight excluding hydrogens is 458 g/mol. The summed E-state index contributed by atoms with van der Waals surface area (Å²) in [5.41, 5.74) is 0.169. The molecule has 1 N–H and O–H groups in total. The highest BCUT2D eigenvalue weighted by Crippen LogP contribution is 2.37. The number of benzene rings is 2. The predicted octanol–water partition coefficient (Wildman–Crippen LogP) is 3.96. The van der Waals surface area contributed by atoms with E-state index in [9.17, 15) is 14.4 Å². The van der Waals surface area contributed by atoms with E-state index in [0.29, 0.717) is 44.5 Å². The molecule has 2 aromatic rings. The van der Waals surface area contributed by atoms with Crippen molar-refractivity contribution in [3.63, 3.8) is 0 Å². The molecule has 0 bridgehead atoms. The van der Waals surface area contributed by atoms with Crippen molar-refractivity contribution in [3.8, 4) is 11.8 Å². The van der Waals surface area contributed by atoms with Crippen LogP contribution in [-0.2, 0) is 16.0 Å². The Balaban J connectivity index is 1.44. The average Bonchev–Trinajstić information content (AvgIpc) is 3.15. The van der Waals surface area contributed by atoms with Crippen LogP contribution in [0.3, 0.4) is 0 Å². The number of amides is 4. The number of piperidine rings is 1. The summed E-state index contributed by atoms with van der Waals surface area (Å²) in [6.45, 7) is 2.97. The van der Waals surface area contributed by atoms with Crippen molar-refractivity contribution in [1.82, 2.24) is 15.1 Å². The number of carbonyl (C=O) groups is 3. The number of nitrogens with zero attached hydrogens (tertiary/aromatic N) is 2. The molecule has 0 saturated carbocycles. The zero-order valence-electron chi connectivity index (χ0n) is 20.0. The van der Waals surface area contributed by atoms with Crippen molar-refractivity contribution in [3.05, 3.63) is 66.2 Å². The zero-order valence-corrected chi connectivity index (χ0v) is 20.9. The number of nitrogens with one attached hydrogen (secondary N) is 1. The second kappa shape index (κ2) is 11.5. The van der Waals surface area contributed by atoms with E-state index in [-0.39, 0.29) is 30.3 Å². The van der Waals surface area contributed by atoms with E-state index in [1.54, 1.807) is 6.92 Å². The molecule has 4 rings (SSSR count). The lowest BCUT2D eigenvalue weighted by molar-refractivity contribution is -0.135. The van der Waals surface area contributed by atoms with Crippen LogP contribution in [0.25, 0.3) is 0 Å². The van der Waals surface area contributed by atoms with Crippen LogP contribution in [0.2, 0.25) is 0 Å². The number of urea groups is 1. The molecule has 7 heteroatoms. The molecule has 35 heavy (non-hydrogen) atoms. The Labute approximate surface area is 211 Å². The molecule has 2 aliphatic heterocycles. The molecule has 6 nitrogen and oxygen atoms in total. The molecule has 2 aromatic carbocycles. The first-order chi connectivity index (χ1) is 17.0. The second-order valence-corrected chi connectivity index (χ2v) is 10.0. The number of hydrogen-bond donors (Lipinski definition) is 1. The van der Waals surface area contributed by atoms with Crippen molar-refractivity contribution in [2.24, 2.45) is 5.92 Å². The molecule has 4 amide bonds. The minimum absolute atomic E-state index is 0.0342. The number of thioether (sulfide) groups is 1. The molecular formula is C28H31N3O3S. The largest absolute Gasteiger partial charge is 0.342 e. The maximum absolute atomic E-state index is 13.6. The van der Waals surface area contributed by atoms with Crippen LogP contribution in [-0.4, -0.2) is 58.6 Å². The molecule has 0 spiro atoms. The molecule has 2 fully saturated rings. The smallest absolute Gasteiger partial charge is 0.325 e. The standard InChI is InChI=1S/C28H31N3O3S/c1-2-3-18-31-26(33)28(29-27(31)34,17-14-22-10-6-4-7-11-22)23-15-19-30(20-16-23)25(32)21-35-24-12-8-5-9-13-24/h4-13,23H,14-21H2,1H3,(H,29,34). The summed E-state index contributed by atoms with van der Waals surface area (Å²) in [5, 5.41) is 3.07. The van der Waals surface area contributed by atoms with Gasteiger partial charge in [-0.05, 0) is 56.2 Å². The van der Waals surface area contributed by atoms with Gasteiger partial charge in [-0.25, -0.2) is 4.79 Å². The summed E-state index contributed by atoms with van der Waals surface area (Å²) >= 11 is 1.54. The van der Waals surface area contributed by atoms with Crippen molar-refractivity contribution in [1.29, 1.82) is 0 Å². The molecule has 182 valence electrons. The quantitative estimate of drug-likeness (QED) is 0.346. The zero-order chi connectivity index (χ0) is 24.7. The van der Waals surface area contributed by atoms with Crippen LogP contribution >= 0.6 is 11.8 Å². The van der Waals surface area contributed by atoms with E-state index in [1.807, 2.05) is 65.6 Å². The van der Waals surface area contributed by atoms with Gasteiger partial charge < -0.3 is 10.2 Å².